The molecular formula is C25H30GeN2O. The van der Waals surface area contributed by atoms with Gasteiger partial charge in [0.05, 0.1) is 0 Å². The molecule has 1 unspecified atom stereocenters. The Hall–Kier alpha value is -2.14. The number of benzene rings is 1. The van der Waals surface area contributed by atoms with Gasteiger partial charge in [-0.15, -0.1) is 0 Å². The molecule has 0 saturated heterocycles. The molecule has 1 aromatic carbocycles. The fraction of sp³-hybridized carbons (Fsp3) is 0.360. The third kappa shape index (κ3) is 3.61. The van der Waals surface area contributed by atoms with Crippen LogP contribution in [0, 0.1) is 12.8 Å². The first kappa shape index (κ1) is 18.9. The molecule has 0 bridgehead atoms. The summed E-state index contributed by atoms with van der Waals surface area (Å²) < 4.78 is 16.7. The van der Waals surface area contributed by atoms with Gasteiger partial charge < -0.3 is 0 Å². The van der Waals surface area contributed by atoms with Gasteiger partial charge in [-0.1, -0.05) is 0 Å². The van der Waals surface area contributed by atoms with Gasteiger partial charge in [-0.05, 0) is 0 Å². The predicted octanol–water partition coefficient (Wildman–Crippen LogP) is 6.66. The first-order chi connectivity index (χ1) is 14.0. The Labute approximate surface area is 177 Å². The normalized spacial score (nSPS) is 15.1. The molecule has 4 aromatic rings. The van der Waals surface area contributed by atoms with E-state index in [1.54, 1.807) is 0 Å². The molecule has 150 valence electrons. The minimum atomic E-state index is -2.21. The Morgan fingerprint density at radius 1 is 1.03 bits per heavy atom. The third-order valence-corrected chi connectivity index (χ3v) is 10.0. The topological polar surface area (TPSA) is 38.9 Å². The minimum absolute atomic E-state index is 0.199. The summed E-state index contributed by atoms with van der Waals surface area (Å²) in [5.41, 5.74) is 5.33. The van der Waals surface area contributed by atoms with Crippen LogP contribution in [-0.4, -0.2) is 23.2 Å². The molecule has 0 aliphatic carbocycles. The van der Waals surface area contributed by atoms with Gasteiger partial charge in [0.1, 0.15) is 0 Å². The number of aryl methyl sites for hydroxylation is 1. The zero-order chi connectivity index (χ0) is 21.8. The standard InChI is InChI=1S/C25H30GeN2O/c1-15(2)17(4)21-13-23(27-14-22(21)26(5,6)7)20-10-8-9-18-19-12-11-16(3)28-25(19)29-24(18)20/h8-15,17H,1-7H3/i17D. The monoisotopic (exact) mass is 449 g/mol. The molecule has 0 N–H and O–H groups in total. The molecule has 0 aliphatic rings. The van der Waals surface area contributed by atoms with Crippen molar-refractivity contribution in [3.8, 4) is 11.3 Å². The maximum atomic E-state index is 9.15. The second kappa shape index (κ2) is 7.28. The number of rotatable bonds is 4. The van der Waals surface area contributed by atoms with E-state index in [0.717, 1.165) is 38.9 Å². The van der Waals surface area contributed by atoms with Gasteiger partial charge in [0, 0.05) is 0 Å². The fourth-order valence-corrected chi connectivity index (χ4v) is 7.02. The number of nitrogens with zero attached hydrogens (tertiary/aromatic N) is 2. The van der Waals surface area contributed by atoms with E-state index in [2.05, 4.69) is 60.4 Å². The molecule has 0 spiro atoms. The molecule has 0 amide bonds. The Balaban J connectivity index is 1.99. The maximum absolute atomic E-state index is 9.15. The van der Waals surface area contributed by atoms with Crippen LogP contribution in [0.4, 0.5) is 0 Å². The molecule has 3 heterocycles. The number of fused-ring (bicyclic) bond motifs is 3. The number of furan rings is 1. The first-order valence-electron chi connectivity index (χ1n) is 10.8. The van der Waals surface area contributed by atoms with Gasteiger partial charge in [-0.25, -0.2) is 0 Å². The van der Waals surface area contributed by atoms with E-state index in [1.807, 2.05) is 32.2 Å². The van der Waals surface area contributed by atoms with Crippen LogP contribution < -0.4 is 4.40 Å². The fourth-order valence-electron chi connectivity index (χ4n) is 3.81. The van der Waals surface area contributed by atoms with Crippen LogP contribution in [0.5, 0.6) is 0 Å². The van der Waals surface area contributed by atoms with Gasteiger partial charge in [0.25, 0.3) is 0 Å². The molecule has 0 radical (unpaired) electrons. The molecule has 0 fully saturated rings. The van der Waals surface area contributed by atoms with Crippen LogP contribution in [-0.2, 0) is 0 Å². The summed E-state index contributed by atoms with van der Waals surface area (Å²) in [4.78, 5) is 9.43. The summed E-state index contributed by atoms with van der Waals surface area (Å²) in [6.07, 6.45) is 2.03. The van der Waals surface area contributed by atoms with E-state index in [0.29, 0.717) is 5.71 Å². The average Bonchev–Trinajstić information content (AvgIpc) is 3.04. The molecule has 4 heteroatoms. The van der Waals surface area contributed by atoms with Crippen LogP contribution in [0.2, 0.25) is 17.3 Å². The van der Waals surface area contributed by atoms with Crippen LogP contribution in [0.1, 0.15) is 39.3 Å². The number of hydrogen-bond acceptors (Lipinski definition) is 3. The molecule has 0 aliphatic heterocycles. The van der Waals surface area contributed by atoms with Crippen molar-refractivity contribution in [2.45, 2.75) is 50.9 Å². The predicted molar refractivity (Wildman–Crippen MR) is 126 cm³/mol. The number of pyridine rings is 2. The number of aromatic nitrogens is 2. The Kier molecular flexibility index (Phi) is 4.74. The SMILES string of the molecule is [2H]C(C)(c1cc(-c2cccc3c2oc2nc(C)ccc23)nc[c]1[Ge]([CH3])([CH3])[CH3])C(C)C. The van der Waals surface area contributed by atoms with Gasteiger partial charge in [-0.2, -0.15) is 0 Å². The average molecular weight is 448 g/mol. The zero-order valence-electron chi connectivity index (χ0n) is 19.4. The second-order valence-electron chi connectivity index (χ2n) is 9.29. The first-order valence-corrected chi connectivity index (χ1v) is 17.6. The number of hydrogen-bond donors (Lipinski definition) is 0. The van der Waals surface area contributed by atoms with E-state index in [-0.39, 0.29) is 5.92 Å². The zero-order valence-corrected chi connectivity index (χ0v) is 20.5. The van der Waals surface area contributed by atoms with Crippen LogP contribution in [0.25, 0.3) is 33.3 Å². The Bertz CT molecular complexity index is 1250. The van der Waals surface area contributed by atoms with E-state index < -0.39 is 19.2 Å². The molecule has 0 saturated carbocycles. The van der Waals surface area contributed by atoms with Gasteiger partial charge >= 0.3 is 177 Å². The number of para-hydroxylation sites is 1. The van der Waals surface area contributed by atoms with Crippen molar-refractivity contribution in [3.05, 3.63) is 53.9 Å². The van der Waals surface area contributed by atoms with E-state index in [9.17, 15) is 0 Å². The summed E-state index contributed by atoms with van der Waals surface area (Å²) in [5, 5.41) is 2.07. The van der Waals surface area contributed by atoms with Crippen molar-refractivity contribution in [3.63, 3.8) is 0 Å². The summed E-state index contributed by atoms with van der Waals surface area (Å²) in [5.74, 6) is 6.62. The van der Waals surface area contributed by atoms with Crippen LogP contribution >= 0.6 is 0 Å². The van der Waals surface area contributed by atoms with Crippen molar-refractivity contribution in [1.82, 2.24) is 9.97 Å². The van der Waals surface area contributed by atoms with E-state index in [4.69, 9.17) is 10.8 Å². The molecule has 29 heavy (non-hydrogen) atoms. The van der Waals surface area contributed by atoms with Crippen molar-refractivity contribution in [2.75, 3.05) is 0 Å². The molecule has 3 aromatic heterocycles. The second-order valence-corrected chi connectivity index (χ2v) is 19.9. The molecule has 3 nitrogen and oxygen atoms in total. The van der Waals surface area contributed by atoms with Crippen LogP contribution in [0.3, 0.4) is 0 Å². The molecule has 1 atom stereocenters. The summed E-state index contributed by atoms with van der Waals surface area (Å²) in [6.45, 7) is 8.25. The molecule has 4 rings (SSSR count). The summed E-state index contributed by atoms with van der Waals surface area (Å²) >= 11 is -2.21. The van der Waals surface area contributed by atoms with Crippen molar-refractivity contribution in [2.24, 2.45) is 5.92 Å². The van der Waals surface area contributed by atoms with Crippen molar-refractivity contribution < 1.29 is 5.79 Å². The van der Waals surface area contributed by atoms with Gasteiger partial charge in [-0.3, -0.25) is 0 Å². The van der Waals surface area contributed by atoms with E-state index in [1.165, 1.54) is 4.40 Å². The Morgan fingerprint density at radius 2 is 1.79 bits per heavy atom. The third-order valence-electron chi connectivity index (χ3n) is 5.78. The van der Waals surface area contributed by atoms with Crippen molar-refractivity contribution in [1.29, 1.82) is 0 Å². The Morgan fingerprint density at radius 3 is 2.48 bits per heavy atom. The van der Waals surface area contributed by atoms with Gasteiger partial charge in [0.15, 0.2) is 0 Å². The molecular weight excluding hydrogens is 417 g/mol. The van der Waals surface area contributed by atoms with Crippen molar-refractivity contribution >= 4 is 39.7 Å². The van der Waals surface area contributed by atoms with E-state index >= 15 is 0 Å². The summed E-state index contributed by atoms with van der Waals surface area (Å²) in [7, 11) is 0. The van der Waals surface area contributed by atoms with Crippen LogP contribution in [0.15, 0.2) is 47.0 Å². The summed E-state index contributed by atoms with van der Waals surface area (Å²) in [6, 6.07) is 12.4. The van der Waals surface area contributed by atoms with Gasteiger partial charge in [0.2, 0.25) is 0 Å². The quantitative estimate of drug-likeness (QED) is 0.328.